The number of anilines is 1. The summed E-state index contributed by atoms with van der Waals surface area (Å²) in [6.45, 7) is 4.18. The molecule has 1 heterocycles. The van der Waals surface area contributed by atoms with Gasteiger partial charge in [0.2, 0.25) is 5.75 Å². The Morgan fingerprint density at radius 2 is 1.56 bits per heavy atom. The van der Waals surface area contributed by atoms with Crippen LogP contribution in [0.1, 0.15) is 34.7 Å². The Labute approximate surface area is 188 Å². The van der Waals surface area contributed by atoms with Gasteiger partial charge in [0.1, 0.15) is 5.82 Å². The van der Waals surface area contributed by atoms with Gasteiger partial charge in [0, 0.05) is 12.0 Å². The van der Waals surface area contributed by atoms with Crippen molar-refractivity contribution in [1.29, 1.82) is 0 Å². The van der Waals surface area contributed by atoms with E-state index in [2.05, 4.69) is 32.0 Å². The van der Waals surface area contributed by atoms with E-state index in [1.165, 1.54) is 23.3 Å². The van der Waals surface area contributed by atoms with Crippen LogP contribution in [0, 0.1) is 19.7 Å². The van der Waals surface area contributed by atoms with Crippen molar-refractivity contribution in [2.24, 2.45) is 5.10 Å². The molecule has 0 aromatic heterocycles. The number of halogens is 1. The van der Waals surface area contributed by atoms with E-state index in [-0.39, 0.29) is 11.9 Å². The Kier molecular flexibility index (Phi) is 6.04. The summed E-state index contributed by atoms with van der Waals surface area (Å²) in [5.41, 5.74) is 6.09. The van der Waals surface area contributed by atoms with Crippen molar-refractivity contribution in [3.8, 4) is 17.2 Å². The SMILES string of the molecule is COc1ccc([C@H]2CC(c3ccc(F)cc3)=NN2c2ccc(C)c(C)c2)c(OC)c1OC. The molecule has 6 heteroatoms. The van der Waals surface area contributed by atoms with E-state index >= 15 is 0 Å². The average molecular weight is 435 g/mol. The van der Waals surface area contributed by atoms with Crippen molar-refractivity contribution in [2.75, 3.05) is 26.3 Å². The molecule has 0 unspecified atom stereocenters. The first-order chi connectivity index (χ1) is 15.5. The standard InChI is InChI=1S/C26H27FN2O3/c1-16-6-11-20(14-17(16)2)29-23(15-22(28-29)18-7-9-19(27)10-8-18)21-12-13-24(30-3)26(32-5)25(21)31-4/h6-14,23H,15H2,1-5H3/t23-/m1/s1. The normalized spacial score (nSPS) is 15.5. The minimum absolute atomic E-state index is 0.132. The lowest BCUT2D eigenvalue weighted by Gasteiger charge is -2.27. The lowest BCUT2D eigenvalue weighted by Crippen LogP contribution is -2.19. The predicted molar refractivity (Wildman–Crippen MR) is 125 cm³/mol. The Morgan fingerprint density at radius 1 is 0.844 bits per heavy atom. The second kappa shape index (κ2) is 8.91. The van der Waals surface area contributed by atoms with Crippen LogP contribution in [0.15, 0.2) is 59.7 Å². The van der Waals surface area contributed by atoms with E-state index in [4.69, 9.17) is 19.3 Å². The van der Waals surface area contributed by atoms with Crippen molar-refractivity contribution in [2.45, 2.75) is 26.3 Å². The number of rotatable bonds is 6. The molecular weight excluding hydrogens is 407 g/mol. The van der Waals surface area contributed by atoms with Gasteiger partial charge in [-0.25, -0.2) is 4.39 Å². The number of methoxy groups -OCH3 is 3. The molecule has 0 fully saturated rings. The first-order valence-corrected chi connectivity index (χ1v) is 10.5. The second-order valence-electron chi connectivity index (χ2n) is 7.81. The lowest BCUT2D eigenvalue weighted by molar-refractivity contribution is 0.320. The van der Waals surface area contributed by atoms with E-state index in [0.29, 0.717) is 23.7 Å². The third-order valence-corrected chi connectivity index (χ3v) is 5.94. The molecule has 3 aromatic carbocycles. The fraction of sp³-hybridized carbons (Fsp3) is 0.269. The molecule has 32 heavy (non-hydrogen) atoms. The van der Waals surface area contributed by atoms with Crippen molar-refractivity contribution in [3.63, 3.8) is 0 Å². The number of benzene rings is 3. The molecular formula is C26H27FN2O3. The molecule has 0 saturated carbocycles. The van der Waals surface area contributed by atoms with E-state index < -0.39 is 0 Å². The van der Waals surface area contributed by atoms with Crippen LogP contribution in [0.25, 0.3) is 0 Å². The molecule has 0 saturated heterocycles. The summed E-state index contributed by atoms with van der Waals surface area (Å²) in [7, 11) is 4.82. The van der Waals surface area contributed by atoms with Crippen molar-refractivity contribution >= 4 is 11.4 Å². The summed E-state index contributed by atoms with van der Waals surface area (Å²) >= 11 is 0. The number of aryl methyl sites for hydroxylation is 2. The Balaban J connectivity index is 1.84. The summed E-state index contributed by atoms with van der Waals surface area (Å²) in [5.74, 6) is 1.49. The number of nitrogens with zero attached hydrogens (tertiary/aromatic N) is 2. The third kappa shape index (κ3) is 3.88. The quantitative estimate of drug-likeness (QED) is 0.490. The van der Waals surface area contributed by atoms with Crippen LogP contribution in [-0.2, 0) is 0 Å². The van der Waals surface area contributed by atoms with E-state index in [9.17, 15) is 4.39 Å². The van der Waals surface area contributed by atoms with Crippen molar-refractivity contribution in [1.82, 2.24) is 0 Å². The molecule has 1 atom stereocenters. The van der Waals surface area contributed by atoms with Gasteiger partial charge >= 0.3 is 0 Å². The Morgan fingerprint density at radius 3 is 2.19 bits per heavy atom. The highest BCUT2D eigenvalue weighted by Crippen LogP contribution is 2.47. The first-order valence-electron chi connectivity index (χ1n) is 10.5. The number of hydrogen-bond acceptors (Lipinski definition) is 5. The molecule has 4 rings (SSSR count). The zero-order valence-corrected chi connectivity index (χ0v) is 19.0. The average Bonchev–Trinajstić information content (AvgIpc) is 3.25. The summed E-state index contributed by atoms with van der Waals surface area (Å²) in [4.78, 5) is 0. The molecule has 0 radical (unpaired) electrons. The number of hydrogen-bond donors (Lipinski definition) is 0. The van der Waals surface area contributed by atoms with Crippen LogP contribution in [0.4, 0.5) is 10.1 Å². The molecule has 0 amide bonds. The monoisotopic (exact) mass is 434 g/mol. The molecule has 5 nitrogen and oxygen atoms in total. The van der Waals surface area contributed by atoms with Crippen molar-refractivity contribution in [3.05, 3.63) is 82.7 Å². The second-order valence-corrected chi connectivity index (χ2v) is 7.81. The fourth-order valence-electron chi connectivity index (χ4n) is 4.06. The van der Waals surface area contributed by atoms with Gasteiger partial charge in [-0.15, -0.1) is 0 Å². The molecule has 0 spiro atoms. The predicted octanol–water partition coefficient (Wildman–Crippen LogP) is 5.82. The highest BCUT2D eigenvalue weighted by Gasteiger charge is 2.34. The molecule has 1 aliphatic rings. The fourth-order valence-corrected chi connectivity index (χ4v) is 4.06. The zero-order chi connectivity index (χ0) is 22.8. The Bertz CT molecular complexity index is 1160. The van der Waals surface area contributed by atoms with E-state index in [0.717, 1.165) is 22.5 Å². The minimum atomic E-state index is -0.267. The zero-order valence-electron chi connectivity index (χ0n) is 19.0. The van der Waals surface area contributed by atoms with Crippen LogP contribution in [0.3, 0.4) is 0 Å². The number of ether oxygens (including phenoxy) is 3. The van der Waals surface area contributed by atoms with Crippen LogP contribution in [-0.4, -0.2) is 27.0 Å². The molecule has 0 aliphatic carbocycles. The molecule has 1 aliphatic heterocycles. The smallest absolute Gasteiger partial charge is 0.203 e. The van der Waals surface area contributed by atoms with Gasteiger partial charge in [0.15, 0.2) is 11.5 Å². The highest BCUT2D eigenvalue weighted by molar-refractivity contribution is 6.03. The summed E-state index contributed by atoms with van der Waals surface area (Å²) in [5, 5.41) is 6.97. The molecule has 0 N–H and O–H groups in total. The van der Waals surface area contributed by atoms with Crippen LogP contribution < -0.4 is 19.2 Å². The summed E-state index contributed by atoms with van der Waals surface area (Å²) in [6, 6.07) is 16.5. The van der Waals surface area contributed by atoms with Crippen LogP contribution >= 0.6 is 0 Å². The van der Waals surface area contributed by atoms with Gasteiger partial charge in [0.05, 0.1) is 38.8 Å². The maximum Gasteiger partial charge on any atom is 0.203 e. The highest BCUT2D eigenvalue weighted by atomic mass is 19.1. The summed E-state index contributed by atoms with van der Waals surface area (Å²) < 4.78 is 30.3. The van der Waals surface area contributed by atoms with Gasteiger partial charge < -0.3 is 14.2 Å². The minimum Gasteiger partial charge on any atom is -0.493 e. The maximum atomic E-state index is 13.5. The molecule has 166 valence electrons. The maximum absolute atomic E-state index is 13.5. The van der Waals surface area contributed by atoms with Gasteiger partial charge in [0.25, 0.3) is 0 Å². The molecule has 3 aromatic rings. The third-order valence-electron chi connectivity index (χ3n) is 5.94. The summed E-state index contributed by atoms with van der Waals surface area (Å²) in [6.07, 6.45) is 0.629. The van der Waals surface area contributed by atoms with Gasteiger partial charge in [-0.2, -0.15) is 5.10 Å². The van der Waals surface area contributed by atoms with Gasteiger partial charge in [-0.1, -0.05) is 18.2 Å². The first kappa shape index (κ1) is 21.7. The van der Waals surface area contributed by atoms with E-state index in [1.807, 2.05) is 17.1 Å². The van der Waals surface area contributed by atoms with Crippen molar-refractivity contribution < 1.29 is 18.6 Å². The Hall–Kier alpha value is -3.54. The number of hydrazone groups is 1. The van der Waals surface area contributed by atoms with Crippen LogP contribution in [0.5, 0.6) is 17.2 Å². The largest absolute Gasteiger partial charge is 0.493 e. The molecule has 0 bridgehead atoms. The lowest BCUT2D eigenvalue weighted by atomic mass is 9.96. The topological polar surface area (TPSA) is 43.3 Å². The van der Waals surface area contributed by atoms with E-state index in [1.54, 1.807) is 33.5 Å². The van der Waals surface area contributed by atoms with Crippen LogP contribution in [0.2, 0.25) is 0 Å². The van der Waals surface area contributed by atoms with Gasteiger partial charge in [-0.3, -0.25) is 5.01 Å². The van der Waals surface area contributed by atoms with Gasteiger partial charge in [-0.05, 0) is 66.9 Å².